The molecule has 3 heteroatoms. The summed E-state index contributed by atoms with van der Waals surface area (Å²) < 4.78 is 5.93. The predicted molar refractivity (Wildman–Crippen MR) is 80.0 cm³/mol. The molecule has 0 aromatic heterocycles. The van der Waals surface area contributed by atoms with E-state index in [2.05, 4.69) is 30.8 Å². The number of hydrogen-bond donors (Lipinski definition) is 0. The van der Waals surface area contributed by atoms with Crippen LogP contribution in [0, 0.1) is 0 Å². The van der Waals surface area contributed by atoms with E-state index in [1.807, 2.05) is 19.1 Å². The van der Waals surface area contributed by atoms with Crippen molar-refractivity contribution < 1.29 is 14.0 Å². The fraction of sp³-hybridized carbons (Fsp3) is 0.471. The number of nitrogens with zero attached hydrogens (tertiary/aromatic N) is 1. The molecule has 2 atom stereocenters. The molecule has 108 valence electrons. The summed E-state index contributed by atoms with van der Waals surface area (Å²) in [4.78, 5) is 12.0. The molecule has 1 aromatic carbocycles. The van der Waals surface area contributed by atoms with Crippen molar-refractivity contribution >= 4 is 5.97 Å². The van der Waals surface area contributed by atoms with Crippen LogP contribution in [0.15, 0.2) is 43.0 Å². The van der Waals surface area contributed by atoms with Crippen molar-refractivity contribution in [3.05, 3.63) is 48.6 Å². The number of hydrogen-bond acceptors (Lipinski definition) is 2. The normalized spacial score (nSPS) is 25.4. The Morgan fingerprint density at radius 3 is 2.85 bits per heavy atom. The second-order valence-corrected chi connectivity index (χ2v) is 5.49. The van der Waals surface area contributed by atoms with Crippen LogP contribution in [-0.2, 0) is 16.1 Å². The molecule has 1 unspecified atom stereocenters. The molecule has 0 spiro atoms. The molecule has 0 saturated carbocycles. The highest BCUT2D eigenvalue weighted by molar-refractivity contribution is 5.70. The molecule has 1 aromatic rings. The fourth-order valence-electron chi connectivity index (χ4n) is 3.26. The van der Waals surface area contributed by atoms with E-state index in [-0.39, 0.29) is 5.97 Å². The number of benzene rings is 1. The van der Waals surface area contributed by atoms with E-state index in [0.29, 0.717) is 19.2 Å². The zero-order valence-electron chi connectivity index (χ0n) is 12.3. The molecule has 1 aliphatic heterocycles. The van der Waals surface area contributed by atoms with Gasteiger partial charge in [0.25, 0.3) is 0 Å². The maximum absolute atomic E-state index is 12.0. The Bertz CT molecular complexity index is 457. The number of likely N-dealkylation sites (tertiary alicyclic amines) is 1. The van der Waals surface area contributed by atoms with Gasteiger partial charge >= 0.3 is 5.97 Å². The highest BCUT2D eigenvalue weighted by Gasteiger charge is 2.42. The van der Waals surface area contributed by atoms with Crippen LogP contribution < -0.4 is 0 Å². The van der Waals surface area contributed by atoms with Crippen LogP contribution in [0.2, 0.25) is 0 Å². The summed E-state index contributed by atoms with van der Waals surface area (Å²) in [5.41, 5.74) is 1.27. The lowest BCUT2D eigenvalue weighted by molar-refractivity contribution is -0.939. The summed E-state index contributed by atoms with van der Waals surface area (Å²) in [6.45, 7) is 8.60. The maximum Gasteiger partial charge on any atom is 0.361 e. The first-order chi connectivity index (χ1) is 9.70. The van der Waals surface area contributed by atoms with Crippen molar-refractivity contribution in [3.63, 3.8) is 0 Å². The smallest absolute Gasteiger partial charge is 0.361 e. The second-order valence-electron chi connectivity index (χ2n) is 5.49. The molecule has 1 saturated heterocycles. The summed E-state index contributed by atoms with van der Waals surface area (Å²) in [5.74, 6) is -0.0998. The van der Waals surface area contributed by atoms with Gasteiger partial charge in [-0.1, -0.05) is 36.9 Å². The molecule has 0 bridgehead atoms. The predicted octanol–water partition coefficient (Wildman–Crippen LogP) is 2.91. The minimum Gasteiger partial charge on any atom is -0.462 e. The molecular formula is C17H24NO2+. The molecule has 1 heterocycles. The zero-order valence-corrected chi connectivity index (χ0v) is 12.3. The van der Waals surface area contributed by atoms with Crippen molar-refractivity contribution in [2.75, 3.05) is 19.7 Å². The van der Waals surface area contributed by atoms with Gasteiger partial charge in [-0.15, -0.1) is 0 Å². The maximum atomic E-state index is 12.0. The molecule has 1 aliphatic rings. The molecule has 1 fully saturated rings. The Morgan fingerprint density at radius 1 is 1.45 bits per heavy atom. The number of quaternary nitrogens is 1. The van der Waals surface area contributed by atoms with Crippen LogP contribution in [0.3, 0.4) is 0 Å². The molecule has 20 heavy (non-hydrogen) atoms. The third-order valence-electron chi connectivity index (χ3n) is 4.17. The summed E-state index contributed by atoms with van der Waals surface area (Å²) in [7, 11) is 0. The number of ether oxygens (including phenoxy) is 1. The van der Waals surface area contributed by atoms with Gasteiger partial charge in [0.05, 0.1) is 13.2 Å². The Hall–Kier alpha value is -1.61. The Morgan fingerprint density at radius 2 is 2.20 bits per heavy atom. The standard InChI is InChI=1S/C17H24NO2/c1-3-16-11-8-12-18(16,14-17(19)20-4-2)13-15-9-6-5-7-10-15/h3,5-7,9-10,16H,1,4,8,11-14H2,2H3/q+1/t16-,18?/m0/s1. The quantitative estimate of drug-likeness (QED) is 0.453. The van der Waals surface area contributed by atoms with Crippen molar-refractivity contribution in [3.8, 4) is 0 Å². The van der Waals surface area contributed by atoms with E-state index in [9.17, 15) is 4.79 Å². The molecule has 0 aliphatic carbocycles. The Kier molecular flexibility index (Phi) is 4.96. The second kappa shape index (κ2) is 6.71. The summed E-state index contributed by atoms with van der Waals surface area (Å²) >= 11 is 0. The lowest BCUT2D eigenvalue weighted by atomic mass is 10.1. The molecule has 3 nitrogen and oxygen atoms in total. The van der Waals surface area contributed by atoms with E-state index in [1.54, 1.807) is 0 Å². The molecule has 2 rings (SSSR count). The van der Waals surface area contributed by atoms with Crippen LogP contribution in [0.25, 0.3) is 0 Å². The van der Waals surface area contributed by atoms with E-state index < -0.39 is 0 Å². The average molecular weight is 274 g/mol. The molecule has 0 N–H and O–H groups in total. The zero-order chi connectivity index (χ0) is 14.4. The van der Waals surface area contributed by atoms with Gasteiger partial charge in [0.1, 0.15) is 12.6 Å². The van der Waals surface area contributed by atoms with E-state index in [0.717, 1.165) is 30.4 Å². The largest absolute Gasteiger partial charge is 0.462 e. The van der Waals surface area contributed by atoms with Gasteiger partial charge in [-0.3, -0.25) is 0 Å². The van der Waals surface area contributed by atoms with Crippen LogP contribution >= 0.6 is 0 Å². The van der Waals surface area contributed by atoms with E-state index in [4.69, 9.17) is 4.74 Å². The van der Waals surface area contributed by atoms with Crippen LogP contribution in [0.1, 0.15) is 25.3 Å². The van der Waals surface area contributed by atoms with Gasteiger partial charge in [0.2, 0.25) is 0 Å². The number of esters is 1. The van der Waals surface area contributed by atoms with E-state index >= 15 is 0 Å². The monoisotopic (exact) mass is 274 g/mol. The van der Waals surface area contributed by atoms with Gasteiger partial charge in [-0.25, -0.2) is 4.79 Å². The number of carbonyl (C=O) groups is 1. The Balaban J connectivity index is 2.20. The third kappa shape index (κ3) is 3.28. The highest BCUT2D eigenvalue weighted by atomic mass is 16.5. The Labute approximate surface area is 121 Å². The first kappa shape index (κ1) is 14.8. The van der Waals surface area contributed by atoms with Crippen LogP contribution in [0.4, 0.5) is 0 Å². The SMILES string of the molecule is C=C[C@H]1CCC[N+]1(CC(=O)OCC)Cc1ccccc1. The first-order valence-corrected chi connectivity index (χ1v) is 7.38. The topological polar surface area (TPSA) is 26.3 Å². The average Bonchev–Trinajstić information content (AvgIpc) is 2.82. The third-order valence-corrected chi connectivity index (χ3v) is 4.17. The fourth-order valence-corrected chi connectivity index (χ4v) is 3.26. The molecule has 0 radical (unpaired) electrons. The molecular weight excluding hydrogens is 250 g/mol. The minimum absolute atomic E-state index is 0.0998. The summed E-state index contributed by atoms with van der Waals surface area (Å²) in [6, 6.07) is 10.7. The molecule has 0 amide bonds. The first-order valence-electron chi connectivity index (χ1n) is 7.38. The van der Waals surface area contributed by atoms with Crippen molar-refractivity contribution in [1.82, 2.24) is 0 Å². The van der Waals surface area contributed by atoms with Crippen LogP contribution in [0.5, 0.6) is 0 Å². The van der Waals surface area contributed by atoms with Gasteiger partial charge in [0.15, 0.2) is 6.54 Å². The van der Waals surface area contributed by atoms with E-state index in [1.165, 1.54) is 5.56 Å². The van der Waals surface area contributed by atoms with Gasteiger partial charge < -0.3 is 9.22 Å². The van der Waals surface area contributed by atoms with Crippen molar-refractivity contribution in [2.24, 2.45) is 0 Å². The van der Waals surface area contributed by atoms with Gasteiger partial charge in [-0.05, 0) is 13.0 Å². The van der Waals surface area contributed by atoms with Gasteiger partial charge in [-0.2, -0.15) is 0 Å². The number of carbonyl (C=O) groups excluding carboxylic acids is 1. The van der Waals surface area contributed by atoms with Crippen LogP contribution in [-0.4, -0.2) is 36.2 Å². The highest BCUT2D eigenvalue weighted by Crippen LogP contribution is 2.30. The lowest BCUT2D eigenvalue weighted by Crippen LogP contribution is -2.53. The summed E-state index contributed by atoms with van der Waals surface area (Å²) in [6.07, 6.45) is 4.26. The van der Waals surface area contributed by atoms with Crippen molar-refractivity contribution in [2.45, 2.75) is 32.4 Å². The summed E-state index contributed by atoms with van der Waals surface area (Å²) in [5, 5.41) is 0. The minimum atomic E-state index is -0.0998. The number of rotatable bonds is 6. The van der Waals surface area contributed by atoms with Crippen molar-refractivity contribution in [1.29, 1.82) is 0 Å². The van der Waals surface area contributed by atoms with Gasteiger partial charge in [0, 0.05) is 18.4 Å². The lowest BCUT2D eigenvalue weighted by Gasteiger charge is -2.38.